The van der Waals surface area contributed by atoms with E-state index in [1.807, 2.05) is 17.9 Å². The quantitative estimate of drug-likeness (QED) is 0.556. The molecule has 1 aliphatic rings. The zero-order valence-corrected chi connectivity index (χ0v) is 16.3. The predicted molar refractivity (Wildman–Crippen MR) is 106 cm³/mol. The molecule has 4 nitrogen and oxygen atoms in total. The Kier molecular flexibility index (Phi) is 4.94. The van der Waals surface area contributed by atoms with Gasteiger partial charge in [0.2, 0.25) is 0 Å². The molecule has 4 rings (SSSR count). The number of nitrogens with zero attached hydrogens (tertiary/aromatic N) is 2. The number of anilines is 1. The number of para-hydroxylation sites is 1. The van der Waals surface area contributed by atoms with E-state index in [4.69, 9.17) is 16.0 Å². The van der Waals surface area contributed by atoms with Gasteiger partial charge >= 0.3 is 6.18 Å². The van der Waals surface area contributed by atoms with Crippen LogP contribution in [0.2, 0.25) is 5.02 Å². The molecule has 0 radical (unpaired) electrons. The summed E-state index contributed by atoms with van der Waals surface area (Å²) in [7, 11) is 0. The molecule has 1 aliphatic heterocycles. The van der Waals surface area contributed by atoms with Gasteiger partial charge in [0.25, 0.3) is 5.91 Å². The number of carbonyl (C=O) groups is 1. The van der Waals surface area contributed by atoms with Gasteiger partial charge < -0.3 is 14.2 Å². The number of furan rings is 1. The van der Waals surface area contributed by atoms with Crippen molar-refractivity contribution in [1.29, 1.82) is 0 Å². The molecule has 3 aromatic rings. The van der Waals surface area contributed by atoms with E-state index in [1.165, 1.54) is 6.07 Å². The maximum absolute atomic E-state index is 13.0. The van der Waals surface area contributed by atoms with Crippen molar-refractivity contribution in [2.45, 2.75) is 13.1 Å². The summed E-state index contributed by atoms with van der Waals surface area (Å²) in [6.07, 6.45) is -4.38. The molecule has 0 unspecified atom stereocenters. The lowest BCUT2D eigenvalue weighted by Crippen LogP contribution is -2.48. The number of hydrogen-bond donors (Lipinski definition) is 0. The standard InChI is InChI=1S/C21H18ClF3N2O2/c1-13-16-6-3-7-17(22)19(16)29-18(13)20(28)27-10-8-26(9-11-27)15-5-2-4-14(12-15)21(23,24)25/h2-7,12H,8-11H2,1H3. The molecule has 8 heteroatoms. The first-order valence-corrected chi connectivity index (χ1v) is 9.52. The number of halogens is 4. The first-order chi connectivity index (χ1) is 13.8. The fourth-order valence-electron chi connectivity index (χ4n) is 3.60. The van der Waals surface area contributed by atoms with E-state index in [-0.39, 0.29) is 11.7 Å². The molecule has 0 saturated carbocycles. The summed E-state index contributed by atoms with van der Waals surface area (Å²) in [6.45, 7) is 3.47. The number of carbonyl (C=O) groups excluding carboxylic acids is 1. The molecule has 2 heterocycles. The van der Waals surface area contributed by atoms with Gasteiger partial charge in [0, 0.05) is 42.8 Å². The summed E-state index contributed by atoms with van der Waals surface area (Å²) in [6, 6.07) is 10.6. The number of aryl methyl sites for hydroxylation is 1. The number of benzene rings is 2. The lowest BCUT2D eigenvalue weighted by atomic mass is 10.1. The number of rotatable bonds is 2. The second-order valence-electron chi connectivity index (χ2n) is 7.00. The topological polar surface area (TPSA) is 36.7 Å². The third kappa shape index (κ3) is 3.67. The number of piperazine rings is 1. The summed E-state index contributed by atoms with van der Waals surface area (Å²) in [4.78, 5) is 16.5. The van der Waals surface area contributed by atoms with Crippen molar-refractivity contribution in [3.63, 3.8) is 0 Å². The van der Waals surface area contributed by atoms with E-state index in [9.17, 15) is 18.0 Å². The summed E-state index contributed by atoms with van der Waals surface area (Å²) in [5, 5.41) is 1.24. The van der Waals surface area contributed by atoms with Gasteiger partial charge in [-0.15, -0.1) is 0 Å². The second-order valence-corrected chi connectivity index (χ2v) is 7.41. The van der Waals surface area contributed by atoms with E-state index in [0.29, 0.717) is 42.5 Å². The number of alkyl halides is 3. The van der Waals surface area contributed by atoms with E-state index in [2.05, 4.69) is 0 Å². The molecule has 0 N–H and O–H groups in total. The van der Waals surface area contributed by atoms with E-state index < -0.39 is 11.7 Å². The molecular weight excluding hydrogens is 405 g/mol. The Hall–Kier alpha value is -2.67. The minimum absolute atomic E-state index is 0.238. The van der Waals surface area contributed by atoms with Crippen LogP contribution in [-0.4, -0.2) is 37.0 Å². The molecule has 1 amide bonds. The van der Waals surface area contributed by atoms with E-state index >= 15 is 0 Å². The van der Waals surface area contributed by atoms with Crippen molar-refractivity contribution >= 4 is 34.2 Å². The summed E-state index contributed by atoms with van der Waals surface area (Å²) in [5.41, 5.74) is 1.03. The van der Waals surface area contributed by atoms with Crippen molar-refractivity contribution in [3.05, 3.63) is 64.4 Å². The fourth-order valence-corrected chi connectivity index (χ4v) is 3.82. The number of fused-ring (bicyclic) bond motifs is 1. The molecule has 152 valence electrons. The third-order valence-electron chi connectivity index (χ3n) is 5.22. The highest BCUT2D eigenvalue weighted by Gasteiger charge is 2.32. The van der Waals surface area contributed by atoms with Crippen LogP contribution >= 0.6 is 11.6 Å². The Labute approximate surface area is 170 Å². The smallest absolute Gasteiger partial charge is 0.416 e. The lowest BCUT2D eigenvalue weighted by Gasteiger charge is -2.36. The van der Waals surface area contributed by atoms with E-state index in [1.54, 1.807) is 23.1 Å². The summed E-state index contributed by atoms with van der Waals surface area (Å²) < 4.78 is 44.6. The highest BCUT2D eigenvalue weighted by molar-refractivity contribution is 6.35. The van der Waals surface area contributed by atoms with Gasteiger partial charge in [-0.3, -0.25) is 4.79 Å². The lowest BCUT2D eigenvalue weighted by molar-refractivity contribution is -0.137. The molecule has 1 saturated heterocycles. The van der Waals surface area contributed by atoms with Gasteiger partial charge in [0.1, 0.15) is 0 Å². The van der Waals surface area contributed by atoms with Gasteiger partial charge in [-0.1, -0.05) is 29.8 Å². The van der Waals surface area contributed by atoms with Gasteiger partial charge in [-0.2, -0.15) is 13.2 Å². The summed E-state index contributed by atoms with van der Waals surface area (Å²) in [5.74, 6) is 0.0130. The largest absolute Gasteiger partial charge is 0.449 e. The zero-order valence-electron chi connectivity index (χ0n) is 15.6. The Morgan fingerprint density at radius 2 is 1.76 bits per heavy atom. The fraction of sp³-hybridized carbons (Fsp3) is 0.286. The van der Waals surface area contributed by atoms with Crippen molar-refractivity contribution in [3.8, 4) is 0 Å². The molecule has 0 bridgehead atoms. The van der Waals surface area contributed by atoms with Gasteiger partial charge in [0.05, 0.1) is 10.6 Å². The summed E-state index contributed by atoms with van der Waals surface area (Å²) >= 11 is 6.16. The van der Waals surface area contributed by atoms with Crippen molar-refractivity contribution in [1.82, 2.24) is 4.90 Å². The van der Waals surface area contributed by atoms with Crippen LogP contribution in [0, 0.1) is 6.92 Å². The normalized spacial score (nSPS) is 15.2. The highest BCUT2D eigenvalue weighted by atomic mass is 35.5. The second kappa shape index (κ2) is 7.30. The van der Waals surface area contributed by atoms with Gasteiger partial charge in [-0.05, 0) is 31.2 Å². The van der Waals surface area contributed by atoms with Crippen LogP contribution in [0.25, 0.3) is 11.0 Å². The SMILES string of the molecule is Cc1c(C(=O)N2CCN(c3cccc(C(F)(F)F)c3)CC2)oc2c(Cl)cccc12. The predicted octanol–water partition coefficient (Wildman–Crippen LogP) is 5.38. The maximum atomic E-state index is 13.0. The van der Waals surface area contributed by atoms with Crippen molar-refractivity contribution in [2.75, 3.05) is 31.1 Å². The Balaban J connectivity index is 1.50. The molecule has 2 aromatic carbocycles. The van der Waals surface area contributed by atoms with Crippen LogP contribution in [0.15, 0.2) is 46.9 Å². The Bertz CT molecular complexity index is 1070. The van der Waals surface area contributed by atoms with Crippen LogP contribution in [0.1, 0.15) is 21.7 Å². The number of hydrogen-bond acceptors (Lipinski definition) is 3. The minimum Gasteiger partial charge on any atom is -0.449 e. The monoisotopic (exact) mass is 422 g/mol. The Morgan fingerprint density at radius 1 is 1.07 bits per heavy atom. The highest BCUT2D eigenvalue weighted by Crippen LogP contribution is 2.33. The third-order valence-corrected chi connectivity index (χ3v) is 5.51. The zero-order chi connectivity index (χ0) is 20.8. The van der Waals surface area contributed by atoms with Crippen LogP contribution in [0.4, 0.5) is 18.9 Å². The molecule has 0 atom stereocenters. The minimum atomic E-state index is -4.38. The Morgan fingerprint density at radius 3 is 2.41 bits per heavy atom. The molecule has 1 fully saturated rings. The maximum Gasteiger partial charge on any atom is 0.416 e. The van der Waals surface area contributed by atoms with Crippen molar-refractivity contribution in [2.24, 2.45) is 0 Å². The van der Waals surface area contributed by atoms with Crippen molar-refractivity contribution < 1.29 is 22.4 Å². The van der Waals surface area contributed by atoms with Gasteiger partial charge in [-0.25, -0.2) is 0 Å². The molecule has 0 spiro atoms. The molecule has 1 aromatic heterocycles. The average molecular weight is 423 g/mol. The first kappa shape index (κ1) is 19.6. The number of amides is 1. The van der Waals surface area contributed by atoms with Crippen LogP contribution in [0.3, 0.4) is 0 Å². The molecular formula is C21H18ClF3N2O2. The van der Waals surface area contributed by atoms with E-state index in [0.717, 1.165) is 23.1 Å². The van der Waals surface area contributed by atoms with Crippen LogP contribution < -0.4 is 4.90 Å². The van der Waals surface area contributed by atoms with Gasteiger partial charge in [0.15, 0.2) is 11.3 Å². The molecule has 0 aliphatic carbocycles. The average Bonchev–Trinajstić information content (AvgIpc) is 3.05. The van der Waals surface area contributed by atoms with Crippen LogP contribution in [0.5, 0.6) is 0 Å². The first-order valence-electron chi connectivity index (χ1n) is 9.15. The molecule has 29 heavy (non-hydrogen) atoms. The van der Waals surface area contributed by atoms with Crippen LogP contribution in [-0.2, 0) is 6.18 Å².